The molecule has 0 aliphatic rings. The molecule has 14 heavy (non-hydrogen) atoms. The SMILES string of the molecule is NCC(O)C(O)c1cc(O)cc(F)c1. The molecule has 0 spiro atoms. The molecule has 1 aromatic carbocycles. The number of halogens is 1. The van der Waals surface area contributed by atoms with Crippen molar-refractivity contribution < 1.29 is 19.7 Å². The van der Waals surface area contributed by atoms with E-state index in [1.807, 2.05) is 0 Å². The summed E-state index contributed by atoms with van der Waals surface area (Å²) in [5, 5.41) is 27.6. The van der Waals surface area contributed by atoms with Crippen LogP contribution >= 0.6 is 0 Å². The van der Waals surface area contributed by atoms with Gasteiger partial charge in [0, 0.05) is 12.6 Å². The van der Waals surface area contributed by atoms with Crippen molar-refractivity contribution in [3.8, 4) is 5.75 Å². The number of rotatable bonds is 3. The van der Waals surface area contributed by atoms with Gasteiger partial charge < -0.3 is 21.1 Å². The minimum absolute atomic E-state index is 0.0976. The van der Waals surface area contributed by atoms with E-state index in [1.165, 1.54) is 6.07 Å². The average molecular weight is 201 g/mol. The summed E-state index contributed by atoms with van der Waals surface area (Å²) in [6, 6.07) is 3.11. The second kappa shape index (κ2) is 4.36. The van der Waals surface area contributed by atoms with Gasteiger partial charge in [-0.25, -0.2) is 4.39 Å². The van der Waals surface area contributed by atoms with Gasteiger partial charge in [-0.05, 0) is 17.7 Å². The lowest BCUT2D eigenvalue weighted by Crippen LogP contribution is -2.27. The van der Waals surface area contributed by atoms with Crippen LogP contribution in [-0.2, 0) is 0 Å². The molecule has 0 aliphatic heterocycles. The second-order valence-corrected chi connectivity index (χ2v) is 2.99. The molecule has 0 radical (unpaired) electrons. The van der Waals surface area contributed by atoms with Crippen molar-refractivity contribution in [1.82, 2.24) is 0 Å². The monoisotopic (exact) mass is 201 g/mol. The van der Waals surface area contributed by atoms with Gasteiger partial charge in [-0.2, -0.15) is 0 Å². The maximum atomic E-state index is 12.8. The lowest BCUT2D eigenvalue weighted by Gasteiger charge is -2.16. The van der Waals surface area contributed by atoms with Crippen LogP contribution in [0.2, 0.25) is 0 Å². The number of aromatic hydroxyl groups is 1. The van der Waals surface area contributed by atoms with Gasteiger partial charge in [0.15, 0.2) is 0 Å². The number of benzene rings is 1. The standard InChI is InChI=1S/C9H12FNO3/c10-6-1-5(2-7(12)3-6)9(14)8(13)4-11/h1-3,8-9,12-14H,4,11H2. The average Bonchev–Trinajstić information content (AvgIpc) is 2.14. The van der Waals surface area contributed by atoms with Gasteiger partial charge >= 0.3 is 0 Å². The summed E-state index contributed by atoms with van der Waals surface area (Å²) >= 11 is 0. The van der Waals surface area contributed by atoms with E-state index in [-0.39, 0.29) is 17.9 Å². The molecule has 0 amide bonds. The van der Waals surface area contributed by atoms with Crippen molar-refractivity contribution in [2.75, 3.05) is 6.54 Å². The van der Waals surface area contributed by atoms with Crippen LogP contribution in [0.5, 0.6) is 5.75 Å². The van der Waals surface area contributed by atoms with Crippen molar-refractivity contribution >= 4 is 0 Å². The summed E-state index contributed by atoms with van der Waals surface area (Å²) < 4.78 is 12.8. The topological polar surface area (TPSA) is 86.7 Å². The number of aliphatic hydroxyl groups excluding tert-OH is 2. The number of hydrogen-bond donors (Lipinski definition) is 4. The number of hydrogen-bond acceptors (Lipinski definition) is 4. The van der Waals surface area contributed by atoms with E-state index in [1.54, 1.807) is 0 Å². The molecular formula is C9H12FNO3. The Balaban J connectivity index is 2.94. The molecule has 0 bridgehead atoms. The lowest BCUT2D eigenvalue weighted by atomic mass is 10.0. The highest BCUT2D eigenvalue weighted by atomic mass is 19.1. The minimum Gasteiger partial charge on any atom is -0.508 e. The van der Waals surface area contributed by atoms with E-state index in [0.29, 0.717) is 0 Å². The zero-order chi connectivity index (χ0) is 10.7. The Morgan fingerprint density at radius 2 is 1.93 bits per heavy atom. The molecule has 2 atom stereocenters. The Hall–Kier alpha value is -1.17. The zero-order valence-electron chi connectivity index (χ0n) is 7.39. The first-order valence-electron chi connectivity index (χ1n) is 4.10. The van der Waals surface area contributed by atoms with Gasteiger partial charge in [-0.15, -0.1) is 0 Å². The zero-order valence-corrected chi connectivity index (χ0v) is 7.39. The molecule has 4 nitrogen and oxygen atoms in total. The third-order valence-corrected chi connectivity index (χ3v) is 1.85. The summed E-state index contributed by atoms with van der Waals surface area (Å²) in [4.78, 5) is 0. The van der Waals surface area contributed by atoms with Crippen LogP contribution in [0.1, 0.15) is 11.7 Å². The molecule has 0 aromatic heterocycles. The van der Waals surface area contributed by atoms with Crippen molar-refractivity contribution in [2.24, 2.45) is 5.73 Å². The number of nitrogens with two attached hydrogens (primary N) is 1. The van der Waals surface area contributed by atoms with Crippen LogP contribution in [0.4, 0.5) is 4.39 Å². The summed E-state index contributed by atoms with van der Waals surface area (Å²) in [6.45, 7) is -0.140. The fraction of sp³-hybridized carbons (Fsp3) is 0.333. The molecule has 5 heteroatoms. The fourth-order valence-corrected chi connectivity index (χ4v) is 1.12. The molecule has 2 unspecified atom stereocenters. The molecule has 0 saturated carbocycles. The highest BCUT2D eigenvalue weighted by Crippen LogP contribution is 2.22. The van der Waals surface area contributed by atoms with Crippen molar-refractivity contribution in [2.45, 2.75) is 12.2 Å². The first kappa shape index (κ1) is 10.9. The van der Waals surface area contributed by atoms with Crippen LogP contribution in [-0.4, -0.2) is 28.0 Å². The Morgan fingerprint density at radius 3 is 2.43 bits per heavy atom. The predicted molar refractivity (Wildman–Crippen MR) is 48.1 cm³/mol. The van der Waals surface area contributed by atoms with Gasteiger partial charge in [0.25, 0.3) is 0 Å². The molecule has 0 saturated heterocycles. The quantitative estimate of drug-likeness (QED) is 0.549. The summed E-state index contributed by atoms with van der Waals surface area (Å²) in [6.07, 6.45) is -2.46. The van der Waals surface area contributed by atoms with Gasteiger partial charge in [0.05, 0.1) is 6.10 Å². The molecule has 78 valence electrons. The van der Waals surface area contributed by atoms with Gasteiger partial charge in [-0.3, -0.25) is 0 Å². The van der Waals surface area contributed by atoms with Gasteiger partial charge in [0.1, 0.15) is 17.7 Å². The normalized spacial score (nSPS) is 15.1. The van der Waals surface area contributed by atoms with E-state index >= 15 is 0 Å². The van der Waals surface area contributed by atoms with Crippen molar-refractivity contribution in [3.63, 3.8) is 0 Å². The molecule has 0 fully saturated rings. The van der Waals surface area contributed by atoms with Crippen molar-refractivity contribution in [3.05, 3.63) is 29.6 Å². The smallest absolute Gasteiger partial charge is 0.127 e. The maximum Gasteiger partial charge on any atom is 0.127 e. The summed E-state index contributed by atoms with van der Waals surface area (Å²) in [7, 11) is 0. The third kappa shape index (κ3) is 2.41. The highest BCUT2D eigenvalue weighted by Gasteiger charge is 2.17. The molecule has 0 heterocycles. The lowest BCUT2D eigenvalue weighted by molar-refractivity contribution is 0.0240. The largest absolute Gasteiger partial charge is 0.508 e. The van der Waals surface area contributed by atoms with Crippen LogP contribution in [0.3, 0.4) is 0 Å². The van der Waals surface area contributed by atoms with Crippen LogP contribution < -0.4 is 5.73 Å². The van der Waals surface area contributed by atoms with E-state index < -0.39 is 18.0 Å². The Kier molecular flexibility index (Phi) is 3.40. The van der Waals surface area contributed by atoms with Gasteiger partial charge in [-0.1, -0.05) is 0 Å². The molecule has 1 aromatic rings. The predicted octanol–water partition coefficient (Wildman–Crippen LogP) is -0.116. The maximum absolute atomic E-state index is 12.8. The first-order valence-corrected chi connectivity index (χ1v) is 4.10. The van der Waals surface area contributed by atoms with E-state index in [9.17, 15) is 14.6 Å². The van der Waals surface area contributed by atoms with E-state index in [2.05, 4.69) is 0 Å². The minimum atomic E-state index is -1.29. The summed E-state index contributed by atoms with van der Waals surface area (Å²) in [5.41, 5.74) is 5.22. The molecule has 5 N–H and O–H groups in total. The third-order valence-electron chi connectivity index (χ3n) is 1.85. The van der Waals surface area contributed by atoms with Crippen molar-refractivity contribution in [1.29, 1.82) is 0 Å². The van der Waals surface area contributed by atoms with E-state index in [0.717, 1.165) is 12.1 Å². The Morgan fingerprint density at radius 1 is 1.29 bits per heavy atom. The molecular weight excluding hydrogens is 189 g/mol. The molecule has 0 aliphatic carbocycles. The van der Waals surface area contributed by atoms with E-state index in [4.69, 9.17) is 10.8 Å². The highest BCUT2D eigenvalue weighted by molar-refractivity contribution is 5.30. The second-order valence-electron chi connectivity index (χ2n) is 2.99. The molecule has 1 rings (SSSR count). The Labute approximate surface area is 80.4 Å². The van der Waals surface area contributed by atoms with Crippen LogP contribution in [0, 0.1) is 5.82 Å². The number of aliphatic hydroxyl groups is 2. The Bertz CT molecular complexity index is 299. The number of phenols is 1. The fourth-order valence-electron chi connectivity index (χ4n) is 1.12. The summed E-state index contributed by atoms with van der Waals surface area (Å²) in [5.74, 6) is -0.980. The van der Waals surface area contributed by atoms with Crippen LogP contribution in [0.15, 0.2) is 18.2 Å². The first-order chi connectivity index (χ1) is 6.54. The van der Waals surface area contributed by atoms with Gasteiger partial charge in [0.2, 0.25) is 0 Å². The number of phenolic OH excluding ortho intramolecular Hbond substituents is 1. The van der Waals surface area contributed by atoms with Crippen LogP contribution in [0.25, 0.3) is 0 Å².